The molecule has 1 aromatic carbocycles. The molecular formula is C17H23N3O4. The highest BCUT2D eigenvalue weighted by molar-refractivity contribution is 6.40. The largest absolute Gasteiger partial charge is 0.461 e. The lowest BCUT2D eigenvalue weighted by atomic mass is 10.2. The van der Waals surface area contributed by atoms with Crippen LogP contribution in [0.1, 0.15) is 27.7 Å². The first kappa shape index (κ1) is 19.2. The number of carbonyl (C=O) groups is 2. The van der Waals surface area contributed by atoms with E-state index in [0.717, 1.165) is 0 Å². The zero-order chi connectivity index (χ0) is 18.2. The lowest BCUT2D eigenvalue weighted by Gasteiger charge is -2.21. The Morgan fingerprint density at radius 3 is 2.38 bits per heavy atom. The smallest absolute Gasteiger partial charge is 0.413 e. The number of alkyl carbamates (subject to hydrolysis) is 1. The number of rotatable bonds is 6. The second-order valence-corrected chi connectivity index (χ2v) is 5.81. The van der Waals surface area contributed by atoms with Gasteiger partial charge in [-0.25, -0.2) is 9.59 Å². The number of hydrogen-bond donors (Lipinski definition) is 3. The first-order chi connectivity index (χ1) is 11.2. The number of anilines is 1. The number of ether oxygens (including phenoxy) is 2. The van der Waals surface area contributed by atoms with Crippen LogP contribution in [0, 0.1) is 5.41 Å². The molecule has 0 spiro atoms. The van der Waals surface area contributed by atoms with Crippen molar-refractivity contribution in [2.24, 2.45) is 0 Å². The normalized spacial score (nSPS) is 11.4. The van der Waals surface area contributed by atoms with Crippen LogP contribution >= 0.6 is 0 Å². The SMILES string of the molecule is CCOC(=O)C(=N)/C=C(/NC(=O)OC(C)(C)C)Nc1ccccc1. The van der Waals surface area contributed by atoms with Gasteiger partial charge in [0.15, 0.2) is 0 Å². The quantitative estimate of drug-likeness (QED) is 0.549. The van der Waals surface area contributed by atoms with Gasteiger partial charge in [-0.2, -0.15) is 0 Å². The van der Waals surface area contributed by atoms with E-state index < -0.39 is 23.4 Å². The zero-order valence-corrected chi connectivity index (χ0v) is 14.3. The Bertz CT molecular complexity index is 618. The molecular weight excluding hydrogens is 310 g/mol. The van der Waals surface area contributed by atoms with E-state index in [4.69, 9.17) is 14.9 Å². The molecule has 1 amide bonds. The first-order valence-electron chi connectivity index (χ1n) is 7.50. The molecule has 0 heterocycles. The van der Waals surface area contributed by atoms with E-state index in [1.54, 1.807) is 39.8 Å². The number of para-hydroxylation sites is 1. The Morgan fingerprint density at radius 2 is 1.83 bits per heavy atom. The van der Waals surface area contributed by atoms with E-state index in [1.165, 1.54) is 6.08 Å². The standard InChI is InChI=1S/C17H23N3O4/c1-5-23-15(21)13(18)11-14(19-12-9-7-6-8-10-12)20-16(22)24-17(2,3)4/h6-11,18-19H,5H2,1-4H3,(H,20,22)/b14-11+,18-13?. The maximum atomic E-state index is 11.9. The van der Waals surface area contributed by atoms with E-state index in [9.17, 15) is 9.59 Å². The Kier molecular flexibility index (Phi) is 6.98. The van der Waals surface area contributed by atoms with Crippen molar-refractivity contribution in [3.05, 3.63) is 42.2 Å². The second kappa shape index (κ2) is 8.71. The second-order valence-electron chi connectivity index (χ2n) is 5.81. The number of carbonyl (C=O) groups excluding carboxylic acids is 2. The van der Waals surface area contributed by atoms with Crippen LogP contribution in [-0.2, 0) is 14.3 Å². The first-order valence-corrected chi connectivity index (χ1v) is 7.50. The maximum Gasteiger partial charge on any atom is 0.413 e. The van der Waals surface area contributed by atoms with Gasteiger partial charge in [-0.3, -0.25) is 10.7 Å². The molecule has 0 atom stereocenters. The Morgan fingerprint density at radius 1 is 1.21 bits per heavy atom. The summed E-state index contributed by atoms with van der Waals surface area (Å²) in [7, 11) is 0. The van der Waals surface area contributed by atoms with Gasteiger partial charge in [0.2, 0.25) is 0 Å². The van der Waals surface area contributed by atoms with E-state index in [2.05, 4.69) is 10.6 Å². The van der Waals surface area contributed by atoms with Crippen LogP contribution in [0.5, 0.6) is 0 Å². The highest BCUT2D eigenvalue weighted by atomic mass is 16.6. The van der Waals surface area contributed by atoms with Crippen molar-refractivity contribution in [2.45, 2.75) is 33.3 Å². The van der Waals surface area contributed by atoms with Gasteiger partial charge in [0.05, 0.1) is 6.61 Å². The molecule has 130 valence electrons. The minimum Gasteiger partial charge on any atom is -0.461 e. The van der Waals surface area contributed by atoms with Crippen molar-refractivity contribution < 1.29 is 19.1 Å². The Labute approximate surface area is 141 Å². The molecule has 24 heavy (non-hydrogen) atoms. The third-order valence-electron chi connectivity index (χ3n) is 2.47. The number of esters is 1. The van der Waals surface area contributed by atoms with E-state index >= 15 is 0 Å². The summed E-state index contributed by atoms with van der Waals surface area (Å²) in [4.78, 5) is 23.5. The summed E-state index contributed by atoms with van der Waals surface area (Å²) in [6.07, 6.45) is 0.475. The summed E-state index contributed by atoms with van der Waals surface area (Å²) >= 11 is 0. The molecule has 0 aliphatic rings. The molecule has 3 N–H and O–H groups in total. The number of benzene rings is 1. The summed E-state index contributed by atoms with van der Waals surface area (Å²) in [5.74, 6) is -0.649. The Balaban J connectivity index is 2.92. The molecule has 0 radical (unpaired) electrons. The molecule has 0 saturated carbocycles. The van der Waals surface area contributed by atoms with Crippen LogP contribution in [0.4, 0.5) is 10.5 Å². The van der Waals surface area contributed by atoms with Crippen LogP contribution in [0.3, 0.4) is 0 Å². The number of nitrogens with one attached hydrogen (secondary N) is 3. The molecule has 7 nitrogen and oxygen atoms in total. The summed E-state index contributed by atoms with van der Waals surface area (Å²) in [5, 5.41) is 13.1. The highest BCUT2D eigenvalue weighted by Gasteiger charge is 2.18. The predicted octanol–water partition coefficient (Wildman–Crippen LogP) is 3.05. The van der Waals surface area contributed by atoms with E-state index in [1.807, 2.05) is 18.2 Å². The fourth-order valence-corrected chi connectivity index (χ4v) is 1.61. The van der Waals surface area contributed by atoms with Crippen molar-refractivity contribution in [1.82, 2.24) is 5.32 Å². The molecule has 0 unspecified atom stereocenters. The monoisotopic (exact) mass is 333 g/mol. The van der Waals surface area contributed by atoms with Gasteiger partial charge in [0.1, 0.15) is 17.1 Å². The summed E-state index contributed by atoms with van der Waals surface area (Å²) in [6, 6.07) is 9.02. The van der Waals surface area contributed by atoms with Crippen molar-refractivity contribution in [3.63, 3.8) is 0 Å². The van der Waals surface area contributed by atoms with Crippen LogP contribution in [-0.4, -0.2) is 30.0 Å². The molecule has 0 aliphatic heterocycles. The fourth-order valence-electron chi connectivity index (χ4n) is 1.61. The van der Waals surface area contributed by atoms with Crippen molar-refractivity contribution >= 4 is 23.5 Å². The summed E-state index contributed by atoms with van der Waals surface area (Å²) in [6.45, 7) is 7.02. The van der Waals surface area contributed by atoms with Gasteiger partial charge < -0.3 is 14.8 Å². The molecule has 1 rings (SSSR count). The lowest BCUT2D eigenvalue weighted by Crippen LogP contribution is -2.34. The van der Waals surface area contributed by atoms with Crippen LogP contribution < -0.4 is 10.6 Å². The fraction of sp³-hybridized carbons (Fsp3) is 0.353. The van der Waals surface area contributed by atoms with Gasteiger partial charge in [-0.15, -0.1) is 0 Å². The minimum atomic E-state index is -0.782. The molecule has 7 heteroatoms. The van der Waals surface area contributed by atoms with Gasteiger partial charge >= 0.3 is 12.1 Å². The molecule has 1 aromatic rings. The van der Waals surface area contributed by atoms with Crippen LogP contribution in [0.25, 0.3) is 0 Å². The van der Waals surface area contributed by atoms with Crippen molar-refractivity contribution in [2.75, 3.05) is 11.9 Å². The molecule has 0 bridgehead atoms. The van der Waals surface area contributed by atoms with Crippen molar-refractivity contribution in [3.8, 4) is 0 Å². The average Bonchev–Trinajstić information content (AvgIpc) is 2.46. The van der Waals surface area contributed by atoms with Gasteiger partial charge in [-0.1, -0.05) is 18.2 Å². The van der Waals surface area contributed by atoms with E-state index in [0.29, 0.717) is 5.69 Å². The summed E-state index contributed by atoms with van der Waals surface area (Å²) in [5.41, 5.74) is -0.390. The third-order valence-corrected chi connectivity index (χ3v) is 2.47. The topological polar surface area (TPSA) is 101 Å². The van der Waals surface area contributed by atoms with Gasteiger partial charge in [-0.05, 0) is 39.8 Å². The van der Waals surface area contributed by atoms with Gasteiger partial charge in [0.25, 0.3) is 0 Å². The number of amides is 1. The molecule has 0 aromatic heterocycles. The minimum absolute atomic E-state index is 0.133. The predicted molar refractivity (Wildman–Crippen MR) is 91.9 cm³/mol. The van der Waals surface area contributed by atoms with Gasteiger partial charge in [0, 0.05) is 11.8 Å². The lowest BCUT2D eigenvalue weighted by molar-refractivity contribution is -0.135. The van der Waals surface area contributed by atoms with Crippen molar-refractivity contribution in [1.29, 1.82) is 5.41 Å². The Hall–Kier alpha value is -2.83. The summed E-state index contributed by atoms with van der Waals surface area (Å²) < 4.78 is 9.94. The maximum absolute atomic E-state index is 11.9. The highest BCUT2D eigenvalue weighted by Crippen LogP contribution is 2.10. The zero-order valence-electron chi connectivity index (χ0n) is 14.3. The average molecular weight is 333 g/mol. The van der Waals surface area contributed by atoms with E-state index in [-0.39, 0.29) is 12.4 Å². The molecule has 0 aliphatic carbocycles. The third kappa shape index (κ3) is 7.44. The molecule has 0 fully saturated rings. The van der Waals surface area contributed by atoms with Crippen LogP contribution in [0.15, 0.2) is 42.2 Å². The molecule has 0 saturated heterocycles. The van der Waals surface area contributed by atoms with Crippen LogP contribution in [0.2, 0.25) is 0 Å². The number of hydrogen-bond acceptors (Lipinski definition) is 6.